The molecule has 0 fully saturated rings. The van der Waals surface area contributed by atoms with E-state index < -0.39 is 6.10 Å². The normalized spacial score (nSPS) is 11.7. The van der Waals surface area contributed by atoms with E-state index in [1.54, 1.807) is 14.0 Å². The summed E-state index contributed by atoms with van der Waals surface area (Å²) in [7, 11) is 1.62. The first-order chi connectivity index (χ1) is 12.5. The van der Waals surface area contributed by atoms with Crippen molar-refractivity contribution < 1.29 is 19.0 Å². The SMILES string of the molecule is COc1ccc(OCCNC(=O)[C@@H](C)Oc2ccccc2C(C)C)cc1. The molecule has 1 atom stereocenters. The molecule has 2 aromatic carbocycles. The van der Waals surface area contributed by atoms with Crippen LogP contribution in [0.5, 0.6) is 17.2 Å². The van der Waals surface area contributed by atoms with E-state index in [4.69, 9.17) is 14.2 Å². The Hall–Kier alpha value is -2.69. The summed E-state index contributed by atoms with van der Waals surface area (Å²) >= 11 is 0. The maximum absolute atomic E-state index is 12.2. The first kappa shape index (κ1) is 19.6. The van der Waals surface area contributed by atoms with Gasteiger partial charge in [0.1, 0.15) is 23.9 Å². The zero-order valence-corrected chi connectivity index (χ0v) is 15.8. The van der Waals surface area contributed by atoms with Crippen LogP contribution >= 0.6 is 0 Å². The molecule has 26 heavy (non-hydrogen) atoms. The average molecular weight is 357 g/mol. The van der Waals surface area contributed by atoms with Crippen molar-refractivity contribution in [1.82, 2.24) is 5.32 Å². The highest BCUT2D eigenvalue weighted by Gasteiger charge is 2.16. The van der Waals surface area contributed by atoms with Crippen molar-refractivity contribution >= 4 is 5.91 Å². The van der Waals surface area contributed by atoms with Gasteiger partial charge in [-0.1, -0.05) is 32.0 Å². The molecule has 5 nitrogen and oxygen atoms in total. The molecule has 0 aliphatic carbocycles. The summed E-state index contributed by atoms with van der Waals surface area (Å²) in [6.45, 7) is 6.74. The standard InChI is InChI=1S/C21H27NO4/c1-15(2)19-7-5-6-8-20(19)26-16(3)21(23)22-13-14-25-18-11-9-17(24-4)10-12-18/h5-12,15-16H,13-14H2,1-4H3,(H,22,23)/t16-/m1/s1. The molecule has 0 spiro atoms. The van der Waals surface area contributed by atoms with Gasteiger partial charge in [0, 0.05) is 0 Å². The number of hydrogen-bond donors (Lipinski definition) is 1. The van der Waals surface area contributed by atoms with Crippen LogP contribution in [0.3, 0.4) is 0 Å². The summed E-state index contributed by atoms with van der Waals surface area (Å²) in [6, 6.07) is 15.1. The van der Waals surface area contributed by atoms with E-state index >= 15 is 0 Å². The minimum atomic E-state index is -0.573. The van der Waals surface area contributed by atoms with E-state index in [0.717, 1.165) is 22.8 Å². The van der Waals surface area contributed by atoms with Crippen LogP contribution in [0.2, 0.25) is 0 Å². The third kappa shape index (κ3) is 5.69. The molecule has 0 aromatic heterocycles. The van der Waals surface area contributed by atoms with Gasteiger partial charge in [0.15, 0.2) is 6.10 Å². The van der Waals surface area contributed by atoms with Crippen LogP contribution in [0.1, 0.15) is 32.3 Å². The highest BCUT2D eigenvalue weighted by molar-refractivity contribution is 5.80. The van der Waals surface area contributed by atoms with Gasteiger partial charge in [-0.2, -0.15) is 0 Å². The highest BCUT2D eigenvalue weighted by Crippen LogP contribution is 2.26. The molecule has 0 saturated heterocycles. The van der Waals surface area contributed by atoms with Gasteiger partial charge in [-0.25, -0.2) is 0 Å². The Morgan fingerprint density at radius 3 is 2.31 bits per heavy atom. The predicted octanol–water partition coefficient (Wildman–Crippen LogP) is 3.78. The zero-order valence-electron chi connectivity index (χ0n) is 15.8. The second kappa shape index (κ2) is 9.70. The number of rotatable bonds is 9. The Morgan fingerprint density at radius 1 is 1.00 bits per heavy atom. The van der Waals surface area contributed by atoms with E-state index in [0.29, 0.717) is 19.1 Å². The molecule has 2 rings (SSSR count). The lowest BCUT2D eigenvalue weighted by Gasteiger charge is -2.18. The van der Waals surface area contributed by atoms with Crippen LogP contribution in [0.25, 0.3) is 0 Å². The number of nitrogens with one attached hydrogen (secondary N) is 1. The van der Waals surface area contributed by atoms with Gasteiger partial charge in [0.2, 0.25) is 0 Å². The van der Waals surface area contributed by atoms with Crippen molar-refractivity contribution in [3.63, 3.8) is 0 Å². The van der Waals surface area contributed by atoms with Gasteiger partial charge in [-0.05, 0) is 48.7 Å². The molecule has 2 aromatic rings. The van der Waals surface area contributed by atoms with Gasteiger partial charge in [0.25, 0.3) is 5.91 Å². The van der Waals surface area contributed by atoms with Crippen molar-refractivity contribution in [3.05, 3.63) is 54.1 Å². The summed E-state index contributed by atoms with van der Waals surface area (Å²) < 4.78 is 16.5. The van der Waals surface area contributed by atoms with Crippen molar-refractivity contribution in [1.29, 1.82) is 0 Å². The van der Waals surface area contributed by atoms with Gasteiger partial charge in [-0.3, -0.25) is 4.79 Å². The first-order valence-corrected chi connectivity index (χ1v) is 8.81. The Kier molecular flexibility index (Phi) is 7.33. The molecule has 1 amide bonds. The second-order valence-electron chi connectivity index (χ2n) is 6.27. The fraction of sp³-hybridized carbons (Fsp3) is 0.381. The van der Waals surface area contributed by atoms with E-state index in [9.17, 15) is 4.79 Å². The molecule has 0 aliphatic rings. The summed E-state index contributed by atoms with van der Waals surface area (Å²) in [4.78, 5) is 12.2. The van der Waals surface area contributed by atoms with Gasteiger partial charge in [0.05, 0.1) is 13.7 Å². The van der Waals surface area contributed by atoms with Gasteiger partial charge in [-0.15, -0.1) is 0 Å². The van der Waals surface area contributed by atoms with Crippen LogP contribution in [-0.2, 0) is 4.79 Å². The Balaban J connectivity index is 1.76. The number of ether oxygens (including phenoxy) is 3. The maximum Gasteiger partial charge on any atom is 0.260 e. The van der Waals surface area contributed by atoms with Crippen molar-refractivity contribution in [2.75, 3.05) is 20.3 Å². The molecular formula is C21H27NO4. The maximum atomic E-state index is 12.2. The molecular weight excluding hydrogens is 330 g/mol. The zero-order chi connectivity index (χ0) is 18.9. The minimum Gasteiger partial charge on any atom is -0.497 e. The third-order valence-electron chi connectivity index (χ3n) is 3.94. The smallest absolute Gasteiger partial charge is 0.260 e. The Bertz CT molecular complexity index is 697. The molecule has 5 heteroatoms. The van der Waals surface area contributed by atoms with Gasteiger partial charge < -0.3 is 19.5 Å². The number of hydrogen-bond acceptors (Lipinski definition) is 4. The summed E-state index contributed by atoms with van der Waals surface area (Å²) in [5.41, 5.74) is 1.09. The van der Waals surface area contributed by atoms with Crippen molar-refractivity contribution in [2.45, 2.75) is 32.8 Å². The third-order valence-corrected chi connectivity index (χ3v) is 3.94. The largest absolute Gasteiger partial charge is 0.497 e. The average Bonchev–Trinajstić information content (AvgIpc) is 2.65. The topological polar surface area (TPSA) is 56.8 Å². The quantitative estimate of drug-likeness (QED) is 0.694. The summed E-state index contributed by atoms with van der Waals surface area (Å²) in [5, 5.41) is 2.83. The van der Waals surface area contributed by atoms with E-state index in [1.165, 1.54) is 0 Å². The predicted molar refractivity (Wildman–Crippen MR) is 102 cm³/mol. The Labute approximate surface area is 155 Å². The summed E-state index contributed by atoms with van der Waals surface area (Å²) in [6.07, 6.45) is -0.573. The molecule has 0 bridgehead atoms. The van der Waals surface area contributed by atoms with Crippen LogP contribution in [-0.4, -0.2) is 32.3 Å². The number of amides is 1. The van der Waals surface area contributed by atoms with Crippen molar-refractivity contribution in [3.8, 4) is 17.2 Å². The fourth-order valence-corrected chi connectivity index (χ4v) is 2.47. The van der Waals surface area contributed by atoms with E-state index in [2.05, 4.69) is 19.2 Å². The fourth-order valence-electron chi connectivity index (χ4n) is 2.47. The van der Waals surface area contributed by atoms with Crippen LogP contribution in [0, 0.1) is 0 Å². The first-order valence-electron chi connectivity index (χ1n) is 8.81. The monoisotopic (exact) mass is 357 g/mol. The molecule has 1 N–H and O–H groups in total. The molecule has 140 valence electrons. The van der Waals surface area contributed by atoms with Crippen LogP contribution in [0.4, 0.5) is 0 Å². The molecule has 0 unspecified atom stereocenters. The van der Waals surface area contributed by atoms with Crippen LogP contribution in [0.15, 0.2) is 48.5 Å². The summed E-state index contributed by atoms with van der Waals surface area (Å²) in [5.74, 6) is 2.43. The number of carbonyl (C=O) groups is 1. The number of benzene rings is 2. The van der Waals surface area contributed by atoms with Crippen LogP contribution < -0.4 is 19.5 Å². The number of para-hydroxylation sites is 1. The highest BCUT2D eigenvalue weighted by atomic mass is 16.5. The van der Waals surface area contributed by atoms with E-state index in [-0.39, 0.29) is 5.91 Å². The molecule has 0 heterocycles. The van der Waals surface area contributed by atoms with Gasteiger partial charge >= 0.3 is 0 Å². The van der Waals surface area contributed by atoms with Crippen molar-refractivity contribution in [2.24, 2.45) is 0 Å². The molecule has 0 aliphatic heterocycles. The Morgan fingerprint density at radius 2 is 1.65 bits per heavy atom. The number of carbonyl (C=O) groups excluding carboxylic acids is 1. The lowest BCUT2D eigenvalue weighted by Crippen LogP contribution is -2.38. The minimum absolute atomic E-state index is 0.165. The second-order valence-corrected chi connectivity index (χ2v) is 6.27. The van der Waals surface area contributed by atoms with E-state index in [1.807, 2.05) is 48.5 Å². The lowest BCUT2D eigenvalue weighted by atomic mass is 10.0. The molecule has 0 saturated carbocycles. The molecule has 0 radical (unpaired) electrons. The number of methoxy groups -OCH3 is 1. The lowest BCUT2D eigenvalue weighted by molar-refractivity contribution is -0.127.